The van der Waals surface area contributed by atoms with Crippen molar-refractivity contribution >= 4 is 55.9 Å². The Hall–Kier alpha value is -4.50. The Balaban J connectivity index is 0.00000461. The fraction of sp³-hybridized carbons (Fsp3) is 0.333. The van der Waals surface area contributed by atoms with Gasteiger partial charge in [-0.1, -0.05) is 75.9 Å². The predicted octanol–water partition coefficient (Wildman–Crippen LogP) is 8.63. The quantitative estimate of drug-likeness (QED) is 0.172. The van der Waals surface area contributed by atoms with Gasteiger partial charge in [0.05, 0.1) is 23.2 Å². The second-order valence-electron chi connectivity index (χ2n) is 12.1. The summed E-state index contributed by atoms with van der Waals surface area (Å²) in [4.78, 5) is 43.4. The number of fused-ring (bicyclic) bond motifs is 1. The summed E-state index contributed by atoms with van der Waals surface area (Å²) in [5.41, 5.74) is 6.55. The van der Waals surface area contributed by atoms with Gasteiger partial charge in [-0.2, -0.15) is 0 Å². The van der Waals surface area contributed by atoms with Gasteiger partial charge in [0.15, 0.2) is 5.13 Å². The Morgan fingerprint density at radius 3 is 2.36 bits per heavy atom. The van der Waals surface area contributed by atoms with Crippen LogP contribution in [0.4, 0.5) is 15.6 Å². The molecule has 0 fully saturated rings. The first-order chi connectivity index (χ1) is 21.1. The van der Waals surface area contributed by atoms with E-state index in [2.05, 4.69) is 67.8 Å². The smallest absolute Gasteiger partial charge is 0.328 e. The normalized spacial score (nSPS) is 13.0. The Bertz CT molecular complexity index is 1690. The monoisotopic (exact) mass is 626 g/mol. The van der Waals surface area contributed by atoms with Crippen molar-refractivity contribution in [3.8, 4) is 0 Å². The molecule has 1 heterocycles. The first-order valence-corrected chi connectivity index (χ1v) is 15.8. The Kier molecular flexibility index (Phi) is 10.8. The highest BCUT2D eigenvalue weighted by Gasteiger charge is 2.20. The molecule has 0 radical (unpaired) electrons. The number of rotatable bonds is 9. The molecule has 45 heavy (non-hydrogen) atoms. The number of carboxylic acid groups (broad SMARTS) is 1. The van der Waals surface area contributed by atoms with Gasteiger partial charge >= 0.3 is 12.0 Å². The van der Waals surface area contributed by atoms with Gasteiger partial charge in [-0.3, -0.25) is 19.8 Å². The number of carbonyl (C=O) groups excluding carboxylic acids is 2. The number of nitrogens with one attached hydrogen (secondary N) is 2. The minimum atomic E-state index is -0.969. The lowest BCUT2D eigenvalue weighted by atomic mass is 9.87. The Morgan fingerprint density at radius 1 is 0.978 bits per heavy atom. The molecule has 1 aliphatic rings. The summed E-state index contributed by atoms with van der Waals surface area (Å²) < 4.78 is 1.00. The van der Waals surface area contributed by atoms with Gasteiger partial charge in [-0.15, -0.1) is 0 Å². The van der Waals surface area contributed by atoms with Gasteiger partial charge in [-0.05, 0) is 89.8 Å². The van der Waals surface area contributed by atoms with Crippen LogP contribution in [0.1, 0.15) is 87.4 Å². The van der Waals surface area contributed by atoms with Gasteiger partial charge in [0, 0.05) is 17.8 Å². The topological polar surface area (TPSA) is 112 Å². The van der Waals surface area contributed by atoms with Crippen molar-refractivity contribution in [2.45, 2.75) is 72.3 Å². The van der Waals surface area contributed by atoms with E-state index in [4.69, 9.17) is 10.1 Å². The minimum absolute atomic E-state index is 0. The summed E-state index contributed by atoms with van der Waals surface area (Å²) >= 11 is 1.44. The van der Waals surface area contributed by atoms with E-state index in [-0.39, 0.29) is 44.3 Å². The Labute approximate surface area is 269 Å². The highest BCUT2D eigenvalue weighted by Crippen LogP contribution is 2.32. The van der Waals surface area contributed by atoms with Crippen LogP contribution in [0.5, 0.6) is 0 Å². The summed E-state index contributed by atoms with van der Waals surface area (Å²) in [6, 6.07) is 21.0. The van der Waals surface area contributed by atoms with E-state index in [1.807, 2.05) is 12.1 Å². The van der Waals surface area contributed by atoms with Gasteiger partial charge in [0.1, 0.15) is 0 Å². The standard InChI is InChI=1S/C35H38N4O4S.CH4/c1-35(2,3)27-15-18-30-29(21-27)37-33(44-30)38-34(43)39(28-16-13-25(14-17-28)24-7-5-4-6-8-24)22-23-9-11-26(12-10-23)32(42)36-20-19-31(40)41;/h7,9-18,21H,4-6,8,19-20,22H2,1-3H3,(H,36,42)(H,40,41)(H,37,38,43);1H4. The van der Waals surface area contributed by atoms with Gasteiger partial charge in [0.25, 0.3) is 5.91 Å². The van der Waals surface area contributed by atoms with Crippen LogP contribution in [0.2, 0.25) is 0 Å². The third-order valence-corrected chi connectivity index (χ3v) is 8.69. The average molecular weight is 627 g/mol. The molecule has 0 bridgehead atoms. The SMILES string of the molecule is C.CC(C)(C)c1ccc2sc(NC(=O)N(Cc3ccc(C(=O)NCCC(=O)O)cc3)c3ccc(C4=CCCCC4)cc3)nc2c1. The lowest BCUT2D eigenvalue weighted by Crippen LogP contribution is -2.34. The number of hydrogen-bond donors (Lipinski definition) is 3. The number of nitrogens with zero attached hydrogens (tertiary/aromatic N) is 2. The molecule has 4 aromatic rings. The number of carboxylic acids is 1. The molecular formula is C36H42N4O4S. The van der Waals surface area contributed by atoms with Crippen molar-refractivity contribution in [3.63, 3.8) is 0 Å². The first-order valence-electron chi connectivity index (χ1n) is 14.9. The predicted molar refractivity (Wildman–Crippen MR) is 184 cm³/mol. The molecule has 0 saturated heterocycles. The van der Waals surface area contributed by atoms with Crippen molar-refractivity contribution in [1.82, 2.24) is 10.3 Å². The molecule has 9 heteroatoms. The summed E-state index contributed by atoms with van der Waals surface area (Å²) in [6.07, 6.45) is 6.74. The third kappa shape index (κ3) is 8.57. The molecule has 3 N–H and O–H groups in total. The lowest BCUT2D eigenvalue weighted by Gasteiger charge is -2.23. The van der Waals surface area contributed by atoms with Gasteiger partial charge in [0.2, 0.25) is 0 Å². The van der Waals surface area contributed by atoms with Crippen molar-refractivity contribution < 1.29 is 19.5 Å². The number of thiazole rings is 1. The summed E-state index contributed by atoms with van der Waals surface area (Å²) in [5.74, 6) is -1.31. The number of anilines is 2. The number of hydrogen-bond acceptors (Lipinski definition) is 5. The summed E-state index contributed by atoms with van der Waals surface area (Å²) in [5, 5.41) is 15.0. The third-order valence-electron chi connectivity index (χ3n) is 7.73. The van der Waals surface area contributed by atoms with E-state index in [1.54, 1.807) is 29.2 Å². The van der Waals surface area contributed by atoms with Gasteiger partial charge < -0.3 is 10.4 Å². The highest BCUT2D eigenvalue weighted by molar-refractivity contribution is 7.22. The van der Waals surface area contributed by atoms with E-state index in [9.17, 15) is 14.4 Å². The zero-order chi connectivity index (χ0) is 31.3. The molecule has 8 nitrogen and oxygen atoms in total. The van der Waals surface area contributed by atoms with Crippen LogP contribution in [-0.4, -0.2) is 34.5 Å². The van der Waals surface area contributed by atoms with E-state index >= 15 is 0 Å². The van der Waals surface area contributed by atoms with Gasteiger partial charge in [-0.25, -0.2) is 9.78 Å². The van der Waals surface area contributed by atoms with Crippen LogP contribution in [0.15, 0.2) is 72.8 Å². The van der Waals surface area contributed by atoms with Crippen LogP contribution in [0.25, 0.3) is 15.8 Å². The molecule has 1 aromatic heterocycles. The Morgan fingerprint density at radius 2 is 1.71 bits per heavy atom. The lowest BCUT2D eigenvalue weighted by molar-refractivity contribution is -0.136. The molecule has 0 unspecified atom stereocenters. The zero-order valence-electron chi connectivity index (χ0n) is 25.4. The fourth-order valence-corrected chi connectivity index (χ4v) is 6.01. The first kappa shape index (κ1) is 33.4. The zero-order valence-corrected chi connectivity index (χ0v) is 26.2. The number of aromatic nitrogens is 1. The van der Waals surface area contributed by atoms with Crippen molar-refractivity contribution in [3.05, 3.63) is 95.1 Å². The molecular weight excluding hydrogens is 584 g/mol. The molecule has 5 rings (SSSR count). The molecule has 3 aromatic carbocycles. The second kappa shape index (κ2) is 14.5. The van der Waals surface area contributed by atoms with Crippen LogP contribution in [0, 0.1) is 0 Å². The number of allylic oxidation sites excluding steroid dienone is 2. The molecule has 1 aliphatic carbocycles. The number of carbonyl (C=O) groups is 3. The van der Waals surface area contributed by atoms with Crippen molar-refractivity contribution in [1.29, 1.82) is 0 Å². The maximum Gasteiger partial charge on any atom is 0.328 e. The van der Waals surface area contributed by atoms with Crippen molar-refractivity contribution in [2.75, 3.05) is 16.8 Å². The maximum atomic E-state index is 13.8. The summed E-state index contributed by atoms with van der Waals surface area (Å²) in [7, 11) is 0. The molecule has 0 saturated carbocycles. The van der Waals surface area contributed by atoms with Crippen LogP contribution >= 0.6 is 11.3 Å². The van der Waals surface area contributed by atoms with Crippen LogP contribution in [-0.2, 0) is 16.8 Å². The summed E-state index contributed by atoms with van der Waals surface area (Å²) in [6.45, 7) is 6.81. The molecule has 0 spiro atoms. The minimum Gasteiger partial charge on any atom is -0.481 e. The number of urea groups is 1. The second-order valence-corrected chi connectivity index (χ2v) is 13.1. The number of benzene rings is 3. The molecule has 0 atom stereocenters. The molecule has 236 valence electrons. The van der Waals surface area contributed by atoms with E-state index in [0.717, 1.165) is 34.3 Å². The highest BCUT2D eigenvalue weighted by atomic mass is 32.1. The van der Waals surface area contributed by atoms with E-state index in [0.29, 0.717) is 10.7 Å². The number of amides is 3. The van der Waals surface area contributed by atoms with E-state index in [1.165, 1.54) is 40.9 Å². The maximum absolute atomic E-state index is 13.8. The van der Waals surface area contributed by atoms with Crippen molar-refractivity contribution in [2.24, 2.45) is 0 Å². The fourth-order valence-electron chi connectivity index (χ4n) is 5.17. The average Bonchev–Trinajstić information content (AvgIpc) is 3.41. The molecule has 3 amide bonds. The largest absolute Gasteiger partial charge is 0.481 e. The van der Waals surface area contributed by atoms with E-state index < -0.39 is 5.97 Å². The molecule has 0 aliphatic heterocycles. The van der Waals surface area contributed by atoms with Crippen LogP contribution < -0.4 is 15.5 Å². The number of aliphatic carboxylic acids is 1. The van der Waals surface area contributed by atoms with Crippen LogP contribution in [0.3, 0.4) is 0 Å².